The van der Waals surface area contributed by atoms with Crippen LogP contribution in [0.3, 0.4) is 0 Å². The van der Waals surface area contributed by atoms with Crippen molar-refractivity contribution >= 4 is 17.4 Å². The van der Waals surface area contributed by atoms with E-state index >= 15 is 0 Å². The molecule has 1 aromatic carbocycles. The molecular weight excluding hydrogens is 326 g/mol. The van der Waals surface area contributed by atoms with Crippen LogP contribution in [0.5, 0.6) is 5.75 Å². The van der Waals surface area contributed by atoms with E-state index in [1.807, 2.05) is 42.5 Å². The number of carbonyl (C=O) groups excluding carboxylic acids is 1. The average Bonchev–Trinajstić information content (AvgIpc) is 2.93. The summed E-state index contributed by atoms with van der Waals surface area (Å²) in [5, 5.41) is 6.37. The number of rotatable bonds is 7. The fraction of sp³-hybridized carbons (Fsp3) is 0.429. The maximum Gasteiger partial charge on any atom is 0.227 e. The maximum absolute atomic E-state index is 12.0. The second-order valence-corrected chi connectivity index (χ2v) is 6.72. The standard InChI is InChI=1S/C21H27N3O2/c25-21(14-15-26-19-10-6-3-7-11-19)24-18-12-13-20(22-16-18)23-17-8-4-1-2-5-9-17/h3,6-7,10-13,16-17H,1-2,4-5,8-9,14-15H2,(H,22,23)(H,24,25). The molecule has 0 unspecified atom stereocenters. The van der Waals surface area contributed by atoms with Crippen LogP contribution in [0.15, 0.2) is 48.7 Å². The van der Waals surface area contributed by atoms with Crippen LogP contribution in [-0.4, -0.2) is 23.5 Å². The molecule has 1 fully saturated rings. The lowest BCUT2D eigenvalue weighted by molar-refractivity contribution is -0.116. The Bertz CT molecular complexity index is 665. The van der Waals surface area contributed by atoms with Gasteiger partial charge in [0.1, 0.15) is 11.6 Å². The van der Waals surface area contributed by atoms with Gasteiger partial charge in [-0.05, 0) is 37.1 Å². The van der Waals surface area contributed by atoms with Crippen LogP contribution in [-0.2, 0) is 4.79 Å². The Balaban J connectivity index is 1.41. The molecule has 0 bridgehead atoms. The number of hydrogen-bond acceptors (Lipinski definition) is 4. The molecule has 138 valence electrons. The van der Waals surface area contributed by atoms with Crippen molar-refractivity contribution < 1.29 is 9.53 Å². The van der Waals surface area contributed by atoms with Gasteiger partial charge < -0.3 is 15.4 Å². The summed E-state index contributed by atoms with van der Waals surface area (Å²) in [6, 6.07) is 13.8. The molecule has 5 nitrogen and oxygen atoms in total. The zero-order chi connectivity index (χ0) is 18.0. The Morgan fingerprint density at radius 2 is 1.81 bits per heavy atom. The second-order valence-electron chi connectivity index (χ2n) is 6.72. The van der Waals surface area contributed by atoms with Gasteiger partial charge in [-0.2, -0.15) is 0 Å². The molecular formula is C21H27N3O2. The van der Waals surface area contributed by atoms with Gasteiger partial charge >= 0.3 is 0 Å². The number of anilines is 2. The highest BCUT2D eigenvalue weighted by molar-refractivity contribution is 5.90. The van der Waals surface area contributed by atoms with Gasteiger partial charge in [-0.3, -0.25) is 4.79 Å². The molecule has 3 rings (SSSR count). The highest BCUT2D eigenvalue weighted by atomic mass is 16.5. The summed E-state index contributed by atoms with van der Waals surface area (Å²) < 4.78 is 5.54. The Morgan fingerprint density at radius 3 is 2.50 bits per heavy atom. The highest BCUT2D eigenvalue weighted by Crippen LogP contribution is 2.21. The van der Waals surface area contributed by atoms with E-state index in [1.165, 1.54) is 38.5 Å². The summed E-state index contributed by atoms with van der Waals surface area (Å²) in [5.41, 5.74) is 0.709. The predicted molar refractivity (Wildman–Crippen MR) is 105 cm³/mol. The van der Waals surface area contributed by atoms with Crippen molar-refractivity contribution in [1.29, 1.82) is 0 Å². The SMILES string of the molecule is O=C(CCOc1ccccc1)Nc1ccc(NC2CCCCCC2)nc1. The van der Waals surface area contributed by atoms with Crippen molar-refractivity contribution in [3.05, 3.63) is 48.7 Å². The Kier molecular flexibility index (Phi) is 6.88. The molecule has 0 saturated heterocycles. The fourth-order valence-electron chi connectivity index (χ4n) is 3.19. The molecule has 26 heavy (non-hydrogen) atoms. The molecule has 1 saturated carbocycles. The van der Waals surface area contributed by atoms with Gasteiger partial charge in [0.15, 0.2) is 0 Å². The van der Waals surface area contributed by atoms with E-state index in [2.05, 4.69) is 15.6 Å². The first-order chi connectivity index (χ1) is 12.8. The maximum atomic E-state index is 12.0. The summed E-state index contributed by atoms with van der Waals surface area (Å²) in [5.74, 6) is 1.57. The van der Waals surface area contributed by atoms with E-state index in [1.54, 1.807) is 6.20 Å². The van der Waals surface area contributed by atoms with E-state index in [0.29, 0.717) is 24.8 Å². The summed E-state index contributed by atoms with van der Waals surface area (Å²) in [6.45, 7) is 0.352. The number of pyridine rings is 1. The average molecular weight is 353 g/mol. The molecule has 1 aromatic heterocycles. The summed E-state index contributed by atoms with van der Waals surface area (Å²) >= 11 is 0. The molecule has 0 aliphatic heterocycles. The molecule has 0 spiro atoms. The zero-order valence-corrected chi connectivity index (χ0v) is 15.1. The first kappa shape index (κ1) is 18.2. The predicted octanol–water partition coefficient (Wildman–Crippen LogP) is 4.62. The lowest BCUT2D eigenvalue weighted by Crippen LogP contribution is -2.19. The lowest BCUT2D eigenvalue weighted by atomic mass is 10.1. The van der Waals surface area contributed by atoms with E-state index in [4.69, 9.17) is 4.74 Å². The smallest absolute Gasteiger partial charge is 0.227 e. The number of ether oxygens (including phenoxy) is 1. The first-order valence-electron chi connectivity index (χ1n) is 9.50. The van der Waals surface area contributed by atoms with E-state index in [-0.39, 0.29) is 5.91 Å². The molecule has 0 atom stereocenters. The van der Waals surface area contributed by atoms with Crippen molar-refractivity contribution in [3.8, 4) is 5.75 Å². The molecule has 1 amide bonds. The Morgan fingerprint density at radius 1 is 1.04 bits per heavy atom. The normalized spacial score (nSPS) is 15.1. The lowest BCUT2D eigenvalue weighted by Gasteiger charge is -2.17. The molecule has 1 heterocycles. The minimum Gasteiger partial charge on any atom is -0.493 e. The molecule has 2 aromatic rings. The van der Waals surface area contributed by atoms with Gasteiger partial charge in [-0.25, -0.2) is 4.98 Å². The second kappa shape index (κ2) is 9.80. The van der Waals surface area contributed by atoms with Crippen molar-refractivity contribution in [2.75, 3.05) is 17.2 Å². The Hall–Kier alpha value is -2.56. The number of amides is 1. The van der Waals surface area contributed by atoms with Crippen LogP contribution in [0.25, 0.3) is 0 Å². The number of nitrogens with zero attached hydrogens (tertiary/aromatic N) is 1. The largest absolute Gasteiger partial charge is 0.493 e. The van der Waals surface area contributed by atoms with Gasteiger partial charge in [-0.15, -0.1) is 0 Å². The molecule has 2 N–H and O–H groups in total. The van der Waals surface area contributed by atoms with Crippen molar-refractivity contribution in [2.45, 2.75) is 51.0 Å². The topological polar surface area (TPSA) is 63.2 Å². The van der Waals surface area contributed by atoms with Crippen LogP contribution in [0.4, 0.5) is 11.5 Å². The van der Waals surface area contributed by atoms with Crippen LogP contribution in [0.1, 0.15) is 44.9 Å². The summed E-state index contributed by atoms with van der Waals surface area (Å²) in [6.07, 6.45) is 9.68. The third kappa shape index (κ3) is 6.06. The minimum absolute atomic E-state index is 0.0767. The van der Waals surface area contributed by atoms with Crippen LogP contribution < -0.4 is 15.4 Å². The molecule has 0 radical (unpaired) electrons. The summed E-state index contributed by atoms with van der Waals surface area (Å²) in [7, 11) is 0. The number of hydrogen-bond donors (Lipinski definition) is 2. The van der Waals surface area contributed by atoms with E-state index < -0.39 is 0 Å². The number of carbonyl (C=O) groups is 1. The van der Waals surface area contributed by atoms with E-state index in [0.717, 1.165) is 11.6 Å². The Labute approximate surface area is 155 Å². The minimum atomic E-state index is -0.0767. The molecule has 5 heteroatoms. The van der Waals surface area contributed by atoms with Crippen molar-refractivity contribution in [3.63, 3.8) is 0 Å². The fourth-order valence-corrected chi connectivity index (χ4v) is 3.19. The van der Waals surface area contributed by atoms with Crippen LogP contribution >= 0.6 is 0 Å². The van der Waals surface area contributed by atoms with Crippen molar-refractivity contribution in [2.24, 2.45) is 0 Å². The first-order valence-corrected chi connectivity index (χ1v) is 9.50. The summed E-state index contributed by atoms with van der Waals surface area (Å²) in [4.78, 5) is 16.4. The number of para-hydroxylation sites is 1. The van der Waals surface area contributed by atoms with Gasteiger partial charge in [0.05, 0.1) is 24.9 Å². The quantitative estimate of drug-likeness (QED) is 0.713. The third-order valence-electron chi connectivity index (χ3n) is 4.60. The zero-order valence-electron chi connectivity index (χ0n) is 15.1. The molecule has 1 aliphatic rings. The molecule has 1 aliphatic carbocycles. The van der Waals surface area contributed by atoms with Crippen molar-refractivity contribution in [1.82, 2.24) is 4.98 Å². The van der Waals surface area contributed by atoms with E-state index in [9.17, 15) is 4.79 Å². The van der Waals surface area contributed by atoms with Gasteiger partial charge in [0.2, 0.25) is 5.91 Å². The monoisotopic (exact) mass is 353 g/mol. The highest BCUT2D eigenvalue weighted by Gasteiger charge is 2.12. The van der Waals surface area contributed by atoms with Crippen LogP contribution in [0.2, 0.25) is 0 Å². The van der Waals surface area contributed by atoms with Gasteiger partial charge in [0, 0.05) is 6.04 Å². The van der Waals surface area contributed by atoms with Crippen LogP contribution in [0, 0.1) is 0 Å². The van der Waals surface area contributed by atoms with Gasteiger partial charge in [-0.1, -0.05) is 43.9 Å². The number of benzene rings is 1. The van der Waals surface area contributed by atoms with Gasteiger partial charge in [0.25, 0.3) is 0 Å². The third-order valence-corrected chi connectivity index (χ3v) is 4.60. The number of nitrogens with one attached hydrogen (secondary N) is 2. The number of aromatic nitrogens is 1.